The van der Waals surface area contributed by atoms with Crippen LogP contribution in [-0.2, 0) is 31.9 Å². The van der Waals surface area contributed by atoms with E-state index in [4.69, 9.17) is 9.40 Å². The van der Waals surface area contributed by atoms with Gasteiger partial charge in [0.15, 0.2) is 0 Å². The molecule has 0 N–H and O–H groups in total. The molecule has 0 unspecified atom stereocenters. The minimum Gasteiger partial charge on any atom is -0.501 e. The number of benzene rings is 5. The van der Waals surface area contributed by atoms with Crippen molar-refractivity contribution in [3.05, 3.63) is 163 Å². The average Bonchev–Trinajstić information content (AvgIpc) is 3.56. The Hall–Kier alpha value is -4.93. The molecule has 0 aliphatic carbocycles. The summed E-state index contributed by atoms with van der Waals surface area (Å²) >= 11 is 0. The third-order valence-electron chi connectivity index (χ3n) is 10.1. The van der Waals surface area contributed by atoms with Crippen LogP contribution >= 0.6 is 0 Å². The van der Waals surface area contributed by atoms with Crippen LogP contribution in [0.1, 0.15) is 52.7 Å². The predicted molar refractivity (Wildman–Crippen MR) is 240 cm³/mol. The molecule has 8 aromatic rings. The van der Waals surface area contributed by atoms with E-state index in [2.05, 4.69) is 182 Å². The molecule has 0 saturated carbocycles. The Morgan fingerprint density at radius 2 is 1.32 bits per heavy atom. The molecule has 0 bridgehead atoms. The van der Waals surface area contributed by atoms with Crippen LogP contribution in [-0.4, -0.2) is 18.0 Å². The summed E-state index contributed by atoms with van der Waals surface area (Å²) in [5.41, 5.74) is 13.4. The molecule has 5 heteroatoms. The van der Waals surface area contributed by atoms with Crippen molar-refractivity contribution in [2.24, 2.45) is 5.41 Å². The van der Waals surface area contributed by atoms with Crippen LogP contribution in [0.4, 0.5) is 0 Å². The first-order valence-electron chi connectivity index (χ1n) is 19.6. The molecule has 0 saturated heterocycles. The van der Waals surface area contributed by atoms with Crippen molar-refractivity contribution in [2.75, 3.05) is 0 Å². The van der Waals surface area contributed by atoms with Gasteiger partial charge in [-0.05, 0) is 85.9 Å². The Bertz CT molecular complexity index is 2610. The number of pyridine rings is 2. The van der Waals surface area contributed by atoms with Crippen LogP contribution in [0.5, 0.6) is 0 Å². The minimum absolute atomic E-state index is 0. The van der Waals surface area contributed by atoms with Crippen LogP contribution in [0.15, 0.2) is 144 Å². The first-order chi connectivity index (χ1) is 26.6. The van der Waals surface area contributed by atoms with E-state index >= 15 is 0 Å². The molecule has 1 radical (unpaired) electrons. The van der Waals surface area contributed by atoms with Crippen LogP contribution in [0.25, 0.3) is 66.7 Å². The maximum atomic E-state index is 6.38. The summed E-state index contributed by atoms with van der Waals surface area (Å²) in [6, 6.07) is 50.9. The van der Waals surface area contributed by atoms with Gasteiger partial charge in [-0.3, -0.25) is 0 Å². The maximum Gasteiger partial charge on any atom is 0.120 e. The molecule has 0 atom stereocenters. The van der Waals surface area contributed by atoms with Crippen LogP contribution in [0.3, 0.4) is 0 Å². The quantitative estimate of drug-likeness (QED) is 0.123. The van der Waals surface area contributed by atoms with Gasteiger partial charge in [0.05, 0.1) is 13.7 Å². The van der Waals surface area contributed by atoms with Gasteiger partial charge in [0.25, 0.3) is 0 Å². The van der Waals surface area contributed by atoms with Crippen LogP contribution < -0.4 is 5.19 Å². The second-order valence-electron chi connectivity index (χ2n) is 18.0. The normalized spacial score (nSPS) is 11.9. The van der Waals surface area contributed by atoms with Crippen molar-refractivity contribution < 1.29 is 24.5 Å². The molecule has 3 nitrogen and oxygen atoms in total. The monoisotopic (exact) mass is 941 g/mol. The summed E-state index contributed by atoms with van der Waals surface area (Å²) in [5.74, 6) is 0. The van der Waals surface area contributed by atoms with E-state index in [0.717, 1.165) is 50.9 Å². The van der Waals surface area contributed by atoms with E-state index in [0.29, 0.717) is 0 Å². The fourth-order valence-corrected chi connectivity index (χ4v) is 8.82. The Morgan fingerprint density at radius 1 is 0.614 bits per heavy atom. The SMILES string of the molecule is CC(C)(C)Cc1cc(-c2[c-]cccc2)ncc1[Si](C)(C)C.CC(C)(C)c1ccnc(-c2[c-]ccc3c2oc2ccc(-c4cccc(-c5ccccc5)c4)cc23)c1.[Ir]. The van der Waals surface area contributed by atoms with Crippen molar-refractivity contribution in [1.29, 1.82) is 0 Å². The van der Waals surface area contributed by atoms with E-state index < -0.39 is 8.07 Å². The predicted octanol–water partition coefficient (Wildman–Crippen LogP) is 13.8. The average molecular weight is 941 g/mol. The summed E-state index contributed by atoms with van der Waals surface area (Å²) in [4.78, 5) is 9.37. The van der Waals surface area contributed by atoms with E-state index in [9.17, 15) is 0 Å². The standard InChI is InChI=1S/C33H26NO.C19H26NSi.Ir/c1-33(2,3)26-17-18-34-30(21-26)28-14-8-13-27-29-20-25(15-16-31(29)35-32(27)28)24-12-7-11-23(19-24)22-9-5-4-6-10-22;1-19(2,3)13-16-12-17(15-10-8-7-9-11-15)20-14-18(16)21(4,5)6;/h4-13,15-21H,1-3H3;7-10,12,14H,13H2,1-6H3;/q2*-1;. The first kappa shape index (κ1) is 41.7. The number of rotatable bonds is 6. The van der Waals surface area contributed by atoms with Crippen LogP contribution in [0, 0.1) is 17.5 Å². The molecule has 8 rings (SSSR count). The van der Waals surface area contributed by atoms with Gasteiger partial charge in [0.1, 0.15) is 5.58 Å². The molecule has 57 heavy (non-hydrogen) atoms. The summed E-state index contributed by atoms with van der Waals surface area (Å²) in [5, 5.41) is 3.67. The Balaban J connectivity index is 0.000000215. The van der Waals surface area contributed by atoms with Gasteiger partial charge in [-0.15, -0.1) is 54.1 Å². The molecule has 3 aromatic heterocycles. The fourth-order valence-electron chi connectivity index (χ4n) is 7.24. The van der Waals surface area contributed by atoms with Crippen molar-refractivity contribution in [1.82, 2.24) is 9.97 Å². The van der Waals surface area contributed by atoms with Crippen molar-refractivity contribution in [2.45, 2.75) is 73.0 Å². The van der Waals surface area contributed by atoms with Crippen molar-refractivity contribution >= 4 is 35.2 Å². The van der Waals surface area contributed by atoms with E-state index in [1.165, 1.54) is 38.6 Å². The van der Waals surface area contributed by atoms with Gasteiger partial charge in [-0.1, -0.05) is 144 Å². The number of furan rings is 1. The number of hydrogen-bond donors (Lipinski definition) is 0. The fraction of sp³-hybridized carbons (Fsp3) is 0.231. The summed E-state index contributed by atoms with van der Waals surface area (Å²) in [7, 11) is -1.37. The Kier molecular flexibility index (Phi) is 12.4. The molecule has 5 aromatic carbocycles. The Morgan fingerprint density at radius 3 is 2.00 bits per heavy atom. The van der Waals surface area contributed by atoms with E-state index in [1.54, 1.807) is 0 Å². The van der Waals surface area contributed by atoms with E-state index in [-0.39, 0.29) is 30.9 Å². The molecular weight excluding hydrogens is 889 g/mol. The van der Waals surface area contributed by atoms with Crippen molar-refractivity contribution in [3.63, 3.8) is 0 Å². The van der Waals surface area contributed by atoms with Gasteiger partial charge in [0, 0.05) is 37.9 Å². The van der Waals surface area contributed by atoms with Gasteiger partial charge in [-0.2, -0.15) is 0 Å². The largest absolute Gasteiger partial charge is 0.501 e. The van der Waals surface area contributed by atoms with E-state index in [1.807, 2.05) is 36.5 Å². The summed E-state index contributed by atoms with van der Waals surface area (Å²) < 4.78 is 6.38. The molecule has 0 aliphatic rings. The van der Waals surface area contributed by atoms with Gasteiger partial charge >= 0.3 is 0 Å². The molecule has 0 amide bonds. The van der Waals surface area contributed by atoms with Crippen molar-refractivity contribution in [3.8, 4) is 44.8 Å². The topological polar surface area (TPSA) is 38.9 Å². The Labute approximate surface area is 354 Å². The third kappa shape index (κ3) is 9.79. The number of fused-ring (bicyclic) bond motifs is 3. The summed E-state index contributed by atoms with van der Waals surface area (Å²) in [6.07, 6.45) is 5.08. The third-order valence-corrected chi connectivity index (χ3v) is 12.2. The molecule has 3 heterocycles. The first-order valence-corrected chi connectivity index (χ1v) is 23.1. The molecular formula is C52H52IrN2OSi-2. The maximum absolute atomic E-state index is 6.38. The molecule has 0 aliphatic heterocycles. The second-order valence-corrected chi connectivity index (χ2v) is 23.1. The minimum atomic E-state index is -1.37. The number of aromatic nitrogens is 2. The molecule has 0 spiro atoms. The zero-order chi connectivity index (χ0) is 39.7. The van der Waals surface area contributed by atoms with Crippen LogP contribution in [0.2, 0.25) is 19.6 Å². The van der Waals surface area contributed by atoms with Gasteiger partial charge in [0.2, 0.25) is 0 Å². The van der Waals surface area contributed by atoms with Gasteiger partial charge in [-0.25, -0.2) is 0 Å². The zero-order valence-corrected chi connectivity index (χ0v) is 38.0. The summed E-state index contributed by atoms with van der Waals surface area (Å²) in [6.45, 7) is 20.7. The molecule has 0 fully saturated rings. The zero-order valence-electron chi connectivity index (χ0n) is 34.6. The second kappa shape index (κ2) is 16.9. The van der Waals surface area contributed by atoms with Gasteiger partial charge < -0.3 is 14.4 Å². The smallest absolute Gasteiger partial charge is 0.120 e. The number of hydrogen-bond acceptors (Lipinski definition) is 3. The number of nitrogens with zero attached hydrogens (tertiary/aromatic N) is 2. The molecule has 291 valence electrons.